The first-order valence-corrected chi connectivity index (χ1v) is 9.54. The molecule has 0 spiro atoms. The van der Waals surface area contributed by atoms with Gasteiger partial charge in [0.1, 0.15) is 0 Å². The molecule has 0 saturated carbocycles. The van der Waals surface area contributed by atoms with Crippen LogP contribution in [-0.2, 0) is 15.6 Å². The lowest BCUT2D eigenvalue weighted by Gasteiger charge is -2.19. The largest absolute Gasteiger partial charge is 0.379 e. The first-order valence-electron chi connectivity index (χ1n) is 8.10. The molecule has 1 fully saturated rings. The van der Waals surface area contributed by atoms with Crippen LogP contribution in [0.1, 0.15) is 48.3 Å². The normalized spacial score (nSPS) is 21.4. The molecule has 2 aromatic rings. The average Bonchev–Trinajstić information content (AvgIpc) is 3.23. The number of carbonyl (C=O) groups is 1. The van der Waals surface area contributed by atoms with Crippen molar-refractivity contribution in [3.63, 3.8) is 0 Å². The van der Waals surface area contributed by atoms with Crippen LogP contribution >= 0.6 is 0 Å². The summed E-state index contributed by atoms with van der Waals surface area (Å²) in [7, 11) is -3.84. The van der Waals surface area contributed by atoms with Gasteiger partial charge in [-0.05, 0) is 24.3 Å². The predicted molar refractivity (Wildman–Crippen MR) is 90.6 cm³/mol. The number of benzene rings is 1. The molecule has 26 heavy (non-hydrogen) atoms. The zero-order chi connectivity index (χ0) is 19.1. The number of hydrogen-bond donors (Lipinski definition) is 2. The number of aliphatic hydroxyl groups is 1. The Kier molecular flexibility index (Phi) is 4.59. The molecule has 1 atom stereocenters. The highest BCUT2D eigenvalue weighted by molar-refractivity contribution is 7.89. The second-order valence-electron chi connectivity index (χ2n) is 6.62. The van der Waals surface area contributed by atoms with Gasteiger partial charge < -0.3 is 15.4 Å². The van der Waals surface area contributed by atoms with Gasteiger partial charge in [0.2, 0.25) is 15.9 Å². The summed E-state index contributed by atoms with van der Waals surface area (Å²) in [5.41, 5.74) is 3.85. The van der Waals surface area contributed by atoms with Crippen LogP contribution in [-0.4, -0.2) is 47.0 Å². The Hall–Kier alpha value is -2.30. The SMILES string of the molecule is CC(C)c1noc([C@@]2(O)CCN(S(=O)(=O)c3ccc(C(N)=O)cc3)C2)n1. The van der Waals surface area contributed by atoms with Crippen LogP contribution in [0.15, 0.2) is 33.7 Å². The number of carbonyl (C=O) groups excluding carboxylic acids is 1. The highest BCUT2D eigenvalue weighted by atomic mass is 32.2. The highest BCUT2D eigenvalue weighted by Crippen LogP contribution is 2.34. The number of nitrogens with two attached hydrogens (primary N) is 1. The molecular weight excluding hydrogens is 360 g/mol. The van der Waals surface area contributed by atoms with E-state index in [4.69, 9.17) is 10.3 Å². The molecule has 140 valence electrons. The van der Waals surface area contributed by atoms with Crippen LogP contribution < -0.4 is 5.73 Å². The fourth-order valence-electron chi connectivity index (χ4n) is 2.74. The number of primary amides is 1. The average molecular weight is 380 g/mol. The maximum Gasteiger partial charge on any atom is 0.260 e. The first-order chi connectivity index (χ1) is 12.1. The van der Waals surface area contributed by atoms with Crippen molar-refractivity contribution in [2.24, 2.45) is 5.73 Å². The van der Waals surface area contributed by atoms with E-state index in [1.807, 2.05) is 13.8 Å². The van der Waals surface area contributed by atoms with Crippen molar-refractivity contribution in [2.45, 2.75) is 36.7 Å². The third kappa shape index (κ3) is 3.22. The van der Waals surface area contributed by atoms with Crippen molar-refractivity contribution in [1.82, 2.24) is 14.4 Å². The third-order valence-corrected chi connectivity index (χ3v) is 6.20. The van der Waals surface area contributed by atoms with E-state index in [1.54, 1.807) is 0 Å². The zero-order valence-electron chi connectivity index (χ0n) is 14.4. The Bertz CT molecular complexity index is 922. The number of rotatable bonds is 5. The van der Waals surface area contributed by atoms with Gasteiger partial charge in [-0.1, -0.05) is 19.0 Å². The number of amides is 1. The van der Waals surface area contributed by atoms with Gasteiger partial charge in [0.05, 0.1) is 11.4 Å². The van der Waals surface area contributed by atoms with Crippen LogP contribution in [0.4, 0.5) is 0 Å². The minimum atomic E-state index is -3.84. The summed E-state index contributed by atoms with van der Waals surface area (Å²) in [5, 5.41) is 14.6. The molecule has 0 radical (unpaired) electrons. The lowest BCUT2D eigenvalue weighted by molar-refractivity contribution is 0.0194. The van der Waals surface area contributed by atoms with Crippen LogP contribution in [0.3, 0.4) is 0 Å². The van der Waals surface area contributed by atoms with Gasteiger partial charge >= 0.3 is 0 Å². The molecule has 2 heterocycles. The van der Waals surface area contributed by atoms with E-state index >= 15 is 0 Å². The Morgan fingerprint density at radius 3 is 2.54 bits per heavy atom. The molecule has 3 N–H and O–H groups in total. The molecule has 10 heteroatoms. The summed E-state index contributed by atoms with van der Waals surface area (Å²) in [6.07, 6.45) is 0.144. The minimum Gasteiger partial charge on any atom is -0.379 e. The number of β-amino-alcohol motifs (C(OH)–C–C–N with tert-alkyl or cyclic N) is 1. The molecular formula is C16H20N4O5S. The maximum atomic E-state index is 12.8. The van der Waals surface area contributed by atoms with Crippen LogP contribution in [0.25, 0.3) is 0 Å². The Labute approximate surface area is 150 Å². The van der Waals surface area contributed by atoms with Crippen LogP contribution in [0.5, 0.6) is 0 Å². The van der Waals surface area contributed by atoms with Crippen molar-refractivity contribution in [3.8, 4) is 0 Å². The summed E-state index contributed by atoms with van der Waals surface area (Å²) in [6, 6.07) is 5.33. The van der Waals surface area contributed by atoms with Crippen molar-refractivity contribution >= 4 is 15.9 Å². The second-order valence-corrected chi connectivity index (χ2v) is 8.56. The molecule has 1 amide bonds. The summed E-state index contributed by atoms with van der Waals surface area (Å²) in [5.74, 6) is -0.136. The number of hydrogen-bond acceptors (Lipinski definition) is 7. The van der Waals surface area contributed by atoms with Gasteiger partial charge in [-0.25, -0.2) is 8.42 Å². The fourth-order valence-corrected chi connectivity index (χ4v) is 4.23. The van der Waals surface area contributed by atoms with Gasteiger partial charge in [0.25, 0.3) is 5.89 Å². The quantitative estimate of drug-likeness (QED) is 0.773. The summed E-state index contributed by atoms with van der Waals surface area (Å²) in [6.45, 7) is 3.70. The zero-order valence-corrected chi connectivity index (χ0v) is 15.2. The maximum absolute atomic E-state index is 12.8. The summed E-state index contributed by atoms with van der Waals surface area (Å²) >= 11 is 0. The van der Waals surface area contributed by atoms with E-state index in [2.05, 4.69) is 10.1 Å². The molecule has 1 aliphatic rings. The molecule has 0 unspecified atom stereocenters. The highest BCUT2D eigenvalue weighted by Gasteiger charge is 2.46. The Morgan fingerprint density at radius 1 is 1.35 bits per heavy atom. The van der Waals surface area contributed by atoms with Gasteiger partial charge in [-0.3, -0.25) is 4.79 Å². The minimum absolute atomic E-state index is 0.0140. The standard InChI is InChI=1S/C16H20N4O5S/c1-10(2)14-18-15(25-19-14)16(22)7-8-20(9-16)26(23,24)12-5-3-11(4-6-12)13(17)21/h3-6,10,22H,7-9H2,1-2H3,(H2,17,21)/t16-/m1/s1. The van der Waals surface area contributed by atoms with Gasteiger partial charge in [0, 0.05) is 24.4 Å². The van der Waals surface area contributed by atoms with Gasteiger partial charge in [-0.15, -0.1) is 0 Å². The third-order valence-electron chi connectivity index (χ3n) is 4.35. The van der Waals surface area contributed by atoms with Crippen molar-refractivity contribution < 1.29 is 22.8 Å². The monoisotopic (exact) mass is 380 g/mol. The van der Waals surface area contributed by atoms with Crippen LogP contribution in [0.2, 0.25) is 0 Å². The lowest BCUT2D eigenvalue weighted by Crippen LogP contribution is -2.34. The molecule has 3 rings (SSSR count). The van der Waals surface area contributed by atoms with Crippen molar-refractivity contribution in [3.05, 3.63) is 41.5 Å². The molecule has 0 aliphatic carbocycles. The smallest absolute Gasteiger partial charge is 0.260 e. The van der Waals surface area contributed by atoms with Crippen molar-refractivity contribution in [1.29, 1.82) is 0 Å². The van der Waals surface area contributed by atoms with E-state index in [1.165, 1.54) is 24.3 Å². The van der Waals surface area contributed by atoms with E-state index in [9.17, 15) is 18.3 Å². The van der Waals surface area contributed by atoms with Gasteiger partial charge in [-0.2, -0.15) is 9.29 Å². The number of nitrogens with zero attached hydrogens (tertiary/aromatic N) is 3. The van der Waals surface area contributed by atoms with Crippen LogP contribution in [0, 0.1) is 0 Å². The number of sulfonamides is 1. The van der Waals surface area contributed by atoms with Crippen molar-refractivity contribution in [2.75, 3.05) is 13.1 Å². The molecule has 1 aromatic heterocycles. The Balaban J connectivity index is 1.83. The second kappa shape index (κ2) is 6.45. The fraction of sp³-hybridized carbons (Fsp3) is 0.438. The lowest BCUT2D eigenvalue weighted by atomic mass is 10.0. The molecule has 9 nitrogen and oxygen atoms in total. The molecule has 1 aliphatic heterocycles. The Morgan fingerprint density at radius 2 is 2.00 bits per heavy atom. The number of aromatic nitrogens is 2. The van der Waals surface area contributed by atoms with Gasteiger partial charge in [0.15, 0.2) is 11.4 Å². The molecule has 0 bridgehead atoms. The first kappa shape index (κ1) is 18.5. The van der Waals surface area contributed by atoms with E-state index in [0.717, 1.165) is 4.31 Å². The molecule has 1 aromatic carbocycles. The molecule has 1 saturated heterocycles. The van der Waals surface area contributed by atoms with E-state index in [0.29, 0.717) is 5.82 Å². The summed E-state index contributed by atoms with van der Waals surface area (Å²) < 4.78 is 31.9. The van der Waals surface area contributed by atoms with E-state index < -0.39 is 21.5 Å². The topological polar surface area (TPSA) is 140 Å². The van der Waals surface area contributed by atoms with E-state index in [-0.39, 0.29) is 41.8 Å². The predicted octanol–water partition coefficient (Wildman–Crippen LogP) is 0.574. The summed E-state index contributed by atoms with van der Waals surface area (Å²) in [4.78, 5) is 15.3.